The molecule has 3 rings (SSSR count). The molecule has 5 heteroatoms. The summed E-state index contributed by atoms with van der Waals surface area (Å²) in [5, 5.41) is 7.83. The number of rotatable bonds is 7. The van der Waals surface area contributed by atoms with Crippen molar-refractivity contribution in [1.82, 2.24) is 15.3 Å². The van der Waals surface area contributed by atoms with Gasteiger partial charge in [-0.1, -0.05) is 24.3 Å². The third-order valence-corrected chi connectivity index (χ3v) is 4.82. The molecule has 0 fully saturated rings. The van der Waals surface area contributed by atoms with E-state index in [1.165, 1.54) is 5.56 Å². The van der Waals surface area contributed by atoms with Gasteiger partial charge in [0.15, 0.2) is 0 Å². The van der Waals surface area contributed by atoms with Crippen molar-refractivity contribution < 1.29 is 4.74 Å². The van der Waals surface area contributed by atoms with Crippen molar-refractivity contribution >= 4 is 22.2 Å². The summed E-state index contributed by atoms with van der Waals surface area (Å²) in [6.07, 6.45) is 1.74. The lowest BCUT2D eigenvalue weighted by atomic mass is 10.1. The Hall–Kier alpha value is -2.24. The van der Waals surface area contributed by atoms with Crippen LogP contribution in [0.3, 0.4) is 0 Å². The van der Waals surface area contributed by atoms with E-state index in [1.807, 2.05) is 13.0 Å². The molecule has 25 heavy (non-hydrogen) atoms. The molecule has 0 aliphatic rings. The number of hydrogen-bond acceptors (Lipinski definition) is 5. The Labute approximate surface area is 152 Å². The van der Waals surface area contributed by atoms with Crippen LogP contribution in [0.5, 0.6) is 5.88 Å². The molecule has 0 aliphatic heterocycles. The van der Waals surface area contributed by atoms with Crippen LogP contribution >= 0.6 is 11.3 Å². The average Bonchev–Trinajstić information content (AvgIpc) is 3.04. The number of pyridine rings is 1. The molecule has 0 bridgehead atoms. The molecular weight excluding hydrogens is 330 g/mol. The Kier molecular flexibility index (Phi) is 5.46. The first-order valence-corrected chi connectivity index (χ1v) is 9.24. The Bertz CT molecular complexity index is 888. The maximum Gasteiger partial charge on any atom is 0.218 e. The molecule has 3 aromatic rings. The van der Waals surface area contributed by atoms with Crippen molar-refractivity contribution in [2.75, 3.05) is 6.61 Å². The number of nitrogens with zero attached hydrogens (tertiary/aromatic N) is 2. The van der Waals surface area contributed by atoms with Gasteiger partial charge in [0, 0.05) is 28.9 Å². The molecule has 0 radical (unpaired) electrons. The second kappa shape index (κ2) is 7.76. The lowest BCUT2D eigenvalue weighted by Crippen LogP contribution is -2.19. The van der Waals surface area contributed by atoms with E-state index in [4.69, 9.17) is 4.74 Å². The first kappa shape index (κ1) is 17.6. The molecule has 0 spiro atoms. The van der Waals surface area contributed by atoms with Crippen LogP contribution in [0.1, 0.15) is 34.8 Å². The average molecular weight is 353 g/mol. The molecule has 1 aromatic carbocycles. The fourth-order valence-corrected chi connectivity index (χ4v) is 3.36. The molecule has 0 saturated carbocycles. The van der Waals surface area contributed by atoms with Gasteiger partial charge < -0.3 is 10.1 Å². The Morgan fingerprint density at radius 2 is 2.12 bits per heavy atom. The molecule has 4 nitrogen and oxygen atoms in total. The Morgan fingerprint density at radius 3 is 2.84 bits per heavy atom. The number of thiazole rings is 1. The van der Waals surface area contributed by atoms with Gasteiger partial charge in [0.05, 0.1) is 16.2 Å². The van der Waals surface area contributed by atoms with Gasteiger partial charge in [0.2, 0.25) is 5.88 Å². The quantitative estimate of drug-likeness (QED) is 0.624. The predicted octanol–water partition coefficient (Wildman–Crippen LogP) is 4.72. The SMILES string of the molecule is C=CCOc1nc2ccc(C)cc2cc1CNC(C)c1csc(C)n1. The number of aromatic nitrogens is 2. The number of aryl methyl sites for hydroxylation is 2. The maximum absolute atomic E-state index is 5.78. The molecule has 0 saturated heterocycles. The molecule has 1 N–H and O–H groups in total. The van der Waals surface area contributed by atoms with Crippen LogP contribution in [0.25, 0.3) is 10.9 Å². The van der Waals surface area contributed by atoms with Crippen molar-refractivity contribution in [2.24, 2.45) is 0 Å². The summed E-state index contributed by atoms with van der Waals surface area (Å²) >= 11 is 1.67. The third-order valence-electron chi connectivity index (χ3n) is 4.03. The smallest absolute Gasteiger partial charge is 0.218 e. The molecule has 130 valence electrons. The first-order valence-electron chi connectivity index (χ1n) is 8.36. The number of hydrogen-bond donors (Lipinski definition) is 1. The predicted molar refractivity (Wildman–Crippen MR) is 104 cm³/mol. The van der Waals surface area contributed by atoms with Gasteiger partial charge in [0.1, 0.15) is 6.61 Å². The minimum Gasteiger partial charge on any atom is -0.473 e. The van der Waals surface area contributed by atoms with Crippen LogP contribution in [-0.2, 0) is 6.54 Å². The van der Waals surface area contributed by atoms with Crippen LogP contribution in [0, 0.1) is 13.8 Å². The van der Waals surface area contributed by atoms with Crippen molar-refractivity contribution in [3.63, 3.8) is 0 Å². The van der Waals surface area contributed by atoms with Crippen LogP contribution in [0.15, 0.2) is 42.3 Å². The summed E-state index contributed by atoms with van der Waals surface area (Å²) in [5.74, 6) is 0.658. The van der Waals surface area contributed by atoms with Crippen LogP contribution in [-0.4, -0.2) is 16.6 Å². The largest absolute Gasteiger partial charge is 0.473 e. The number of fused-ring (bicyclic) bond motifs is 1. The molecular formula is C20H23N3OS. The summed E-state index contributed by atoms with van der Waals surface area (Å²) in [7, 11) is 0. The highest BCUT2D eigenvalue weighted by Gasteiger charge is 2.12. The van der Waals surface area contributed by atoms with Gasteiger partial charge in [-0.05, 0) is 39.0 Å². The van der Waals surface area contributed by atoms with Crippen LogP contribution in [0.2, 0.25) is 0 Å². The van der Waals surface area contributed by atoms with E-state index in [0.717, 1.165) is 27.2 Å². The van der Waals surface area contributed by atoms with E-state index < -0.39 is 0 Å². The van der Waals surface area contributed by atoms with E-state index in [0.29, 0.717) is 19.0 Å². The molecule has 0 aliphatic carbocycles. The van der Waals surface area contributed by atoms with Gasteiger partial charge in [-0.25, -0.2) is 9.97 Å². The van der Waals surface area contributed by atoms with E-state index in [9.17, 15) is 0 Å². The van der Waals surface area contributed by atoms with E-state index >= 15 is 0 Å². The minimum atomic E-state index is 0.172. The number of ether oxygens (including phenoxy) is 1. The Balaban J connectivity index is 1.85. The van der Waals surface area contributed by atoms with E-state index in [1.54, 1.807) is 17.4 Å². The minimum absolute atomic E-state index is 0.172. The second-order valence-electron chi connectivity index (χ2n) is 6.14. The summed E-state index contributed by atoms with van der Waals surface area (Å²) in [5.41, 5.74) is 4.27. The van der Waals surface area contributed by atoms with Gasteiger partial charge in [-0.3, -0.25) is 0 Å². The molecule has 1 unspecified atom stereocenters. The standard InChI is InChI=1S/C20H23N3OS/c1-5-8-24-20-17(10-16-9-13(2)6-7-18(16)23-20)11-21-14(3)19-12-25-15(4)22-19/h5-7,9-10,12,14,21H,1,8,11H2,2-4H3. The van der Waals surface area contributed by atoms with Crippen LogP contribution in [0.4, 0.5) is 0 Å². The summed E-state index contributed by atoms with van der Waals surface area (Å²) in [4.78, 5) is 9.24. The highest BCUT2D eigenvalue weighted by molar-refractivity contribution is 7.09. The molecule has 0 amide bonds. The highest BCUT2D eigenvalue weighted by Crippen LogP contribution is 2.24. The lowest BCUT2D eigenvalue weighted by Gasteiger charge is -2.15. The van der Waals surface area contributed by atoms with Crippen molar-refractivity contribution in [3.8, 4) is 5.88 Å². The van der Waals surface area contributed by atoms with E-state index in [-0.39, 0.29) is 6.04 Å². The Morgan fingerprint density at radius 1 is 1.28 bits per heavy atom. The van der Waals surface area contributed by atoms with E-state index in [2.05, 4.69) is 59.3 Å². The monoisotopic (exact) mass is 353 g/mol. The van der Waals surface area contributed by atoms with Crippen molar-refractivity contribution in [1.29, 1.82) is 0 Å². The first-order chi connectivity index (χ1) is 12.1. The zero-order valence-electron chi connectivity index (χ0n) is 14.9. The third kappa shape index (κ3) is 4.24. The summed E-state index contributed by atoms with van der Waals surface area (Å²) < 4.78 is 5.78. The van der Waals surface area contributed by atoms with Gasteiger partial charge in [-0.2, -0.15) is 0 Å². The fraction of sp³-hybridized carbons (Fsp3) is 0.300. The topological polar surface area (TPSA) is 47.0 Å². The van der Waals surface area contributed by atoms with Gasteiger partial charge in [0.25, 0.3) is 0 Å². The molecule has 1 atom stereocenters. The molecule has 2 heterocycles. The van der Waals surface area contributed by atoms with Crippen molar-refractivity contribution in [3.05, 3.63) is 64.1 Å². The number of nitrogens with one attached hydrogen (secondary N) is 1. The van der Waals surface area contributed by atoms with Crippen molar-refractivity contribution in [2.45, 2.75) is 33.4 Å². The molecule has 2 aromatic heterocycles. The summed E-state index contributed by atoms with van der Waals surface area (Å²) in [6.45, 7) is 11.1. The normalized spacial score (nSPS) is 12.3. The zero-order chi connectivity index (χ0) is 17.8. The maximum atomic E-state index is 5.78. The lowest BCUT2D eigenvalue weighted by molar-refractivity contribution is 0.343. The summed E-state index contributed by atoms with van der Waals surface area (Å²) in [6, 6.07) is 8.57. The van der Waals surface area contributed by atoms with Gasteiger partial charge >= 0.3 is 0 Å². The zero-order valence-corrected chi connectivity index (χ0v) is 15.7. The van der Waals surface area contributed by atoms with Crippen LogP contribution < -0.4 is 10.1 Å². The second-order valence-corrected chi connectivity index (χ2v) is 7.20. The highest BCUT2D eigenvalue weighted by atomic mass is 32.1. The van der Waals surface area contributed by atoms with Gasteiger partial charge in [-0.15, -0.1) is 11.3 Å². The number of benzene rings is 1. The fourth-order valence-electron chi connectivity index (χ4n) is 2.66.